The van der Waals surface area contributed by atoms with Gasteiger partial charge in [0.15, 0.2) is 22.5 Å². The summed E-state index contributed by atoms with van der Waals surface area (Å²) in [6.45, 7) is 4.05. The van der Waals surface area contributed by atoms with Crippen LogP contribution in [0.4, 0.5) is 5.69 Å². The van der Waals surface area contributed by atoms with Crippen molar-refractivity contribution in [1.82, 2.24) is 14.8 Å². The maximum absolute atomic E-state index is 12.8. The normalized spacial score (nSPS) is 11.6. The van der Waals surface area contributed by atoms with Gasteiger partial charge in [0.25, 0.3) is 0 Å². The van der Waals surface area contributed by atoms with Gasteiger partial charge >= 0.3 is 0 Å². The van der Waals surface area contributed by atoms with Gasteiger partial charge in [0.2, 0.25) is 5.91 Å². The van der Waals surface area contributed by atoms with Gasteiger partial charge in [-0.05, 0) is 50.2 Å². The molecule has 174 valence electrons. The van der Waals surface area contributed by atoms with Crippen LogP contribution in [0.5, 0.6) is 11.5 Å². The molecule has 0 unspecified atom stereocenters. The summed E-state index contributed by atoms with van der Waals surface area (Å²) in [6.07, 6.45) is 0. The van der Waals surface area contributed by atoms with Crippen molar-refractivity contribution in [3.05, 3.63) is 90.3 Å². The molecular formula is C26H26N4O3S. The molecule has 1 aromatic heterocycles. The van der Waals surface area contributed by atoms with Crippen molar-refractivity contribution in [3.8, 4) is 17.2 Å². The fourth-order valence-corrected chi connectivity index (χ4v) is 4.17. The van der Waals surface area contributed by atoms with E-state index in [4.69, 9.17) is 9.47 Å². The van der Waals surface area contributed by atoms with Crippen LogP contribution < -0.4 is 14.8 Å². The first-order valence-electron chi connectivity index (χ1n) is 10.8. The number of nitrogens with one attached hydrogen (secondary N) is 1. The predicted molar refractivity (Wildman–Crippen MR) is 134 cm³/mol. The van der Waals surface area contributed by atoms with E-state index in [1.165, 1.54) is 11.8 Å². The molecule has 1 amide bonds. The average molecular weight is 475 g/mol. The number of carbonyl (C=O) groups excluding carboxylic acids is 1. The summed E-state index contributed by atoms with van der Waals surface area (Å²) in [6, 6.07) is 24.9. The van der Waals surface area contributed by atoms with Crippen LogP contribution in [-0.2, 0) is 11.4 Å². The minimum Gasteiger partial charge on any atom is -0.493 e. The van der Waals surface area contributed by atoms with Crippen LogP contribution in [0.25, 0.3) is 5.69 Å². The lowest BCUT2D eigenvalue weighted by Gasteiger charge is -2.15. The smallest absolute Gasteiger partial charge is 0.237 e. The summed E-state index contributed by atoms with van der Waals surface area (Å²) in [4.78, 5) is 12.8. The summed E-state index contributed by atoms with van der Waals surface area (Å²) < 4.78 is 13.3. The molecule has 0 aliphatic carbocycles. The molecule has 0 fully saturated rings. The number of para-hydroxylation sites is 3. The summed E-state index contributed by atoms with van der Waals surface area (Å²) >= 11 is 1.34. The van der Waals surface area contributed by atoms with E-state index in [-0.39, 0.29) is 12.5 Å². The van der Waals surface area contributed by atoms with Crippen molar-refractivity contribution < 1.29 is 14.3 Å². The Morgan fingerprint density at radius 3 is 2.35 bits per heavy atom. The number of amides is 1. The minimum absolute atomic E-state index is 0.108. The highest BCUT2D eigenvalue weighted by Crippen LogP contribution is 2.29. The second kappa shape index (κ2) is 10.9. The Morgan fingerprint density at radius 1 is 0.971 bits per heavy atom. The van der Waals surface area contributed by atoms with Gasteiger partial charge in [0.1, 0.15) is 6.61 Å². The Kier molecular flexibility index (Phi) is 7.49. The topological polar surface area (TPSA) is 78.3 Å². The van der Waals surface area contributed by atoms with Gasteiger partial charge in [-0.1, -0.05) is 59.8 Å². The molecule has 0 aliphatic rings. The number of benzene rings is 3. The van der Waals surface area contributed by atoms with Gasteiger partial charge in [-0.3, -0.25) is 9.36 Å². The van der Waals surface area contributed by atoms with Crippen LogP contribution in [0.1, 0.15) is 18.3 Å². The summed E-state index contributed by atoms with van der Waals surface area (Å²) in [5, 5.41) is 11.9. The van der Waals surface area contributed by atoms with Crippen LogP contribution in [0.15, 0.2) is 84.0 Å². The number of carbonyl (C=O) groups is 1. The summed E-state index contributed by atoms with van der Waals surface area (Å²) in [5.74, 6) is 1.77. The molecular weight excluding hydrogens is 448 g/mol. The molecule has 34 heavy (non-hydrogen) atoms. The maximum atomic E-state index is 12.8. The number of ether oxygens (including phenoxy) is 2. The molecule has 0 spiro atoms. The summed E-state index contributed by atoms with van der Waals surface area (Å²) in [5.41, 5.74) is 2.79. The maximum Gasteiger partial charge on any atom is 0.237 e. The van der Waals surface area contributed by atoms with E-state index < -0.39 is 5.25 Å². The fraction of sp³-hybridized carbons (Fsp3) is 0.192. The monoisotopic (exact) mass is 474 g/mol. The van der Waals surface area contributed by atoms with Crippen LogP contribution in [-0.4, -0.2) is 33.0 Å². The molecule has 3 aromatic carbocycles. The summed E-state index contributed by atoms with van der Waals surface area (Å²) in [7, 11) is 1.60. The third kappa shape index (κ3) is 5.58. The number of hydrogen-bond acceptors (Lipinski definition) is 6. The van der Waals surface area contributed by atoms with Crippen LogP contribution in [0, 0.1) is 6.92 Å². The van der Waals surface area contributed by atoms with E-state index >= 15 is 0 Å². The van der Waals surface area contributed by atoms with E-state index in [2.05, 4.69) is 15.5 Å². The number of hydrogen-bond donors (Lipinski definition) is 1. The fourth-order valence-electron chi connectivity index (χ4n) is 3.28. The molecule has 4 rings (SSSR count). The van der Waals surface area contributed by atoms with E-state index in [1.807, 2.05) is 97.3 Å². The van der Waals surface area contributed by atoms with Crippen LogP contribution >= 0.6 is 11.8 Å². The predicted octanol–water partition coefficient (Wildman–Crippen LogP) is 5.28. The van der Waals surface area contributed by atoms with Crippen molar-refractivity contribution in [3.63, 3.8) is 0 Å². The third-order valence-electron chi connectivity index (χ3n) is 5.11. The van der Waals surface area contributed by atoms with Crippen LogP contribution in [0.2, 0.25) is 0 Å². The standard InChI is InChI=1S/C26H26N4O3S/c1-18-13-15-20(16-14-18)27-25(31)19(2)34-26-29-28-24(30(26)21-9-5-4-6-10-21)17-33-23-12-8-7-11-22(23)32-3/h4-16,19H,17H2,1-3H3,(H,27,31)/t19-/m1/s1. The zero-order valence-electron chi connectivity index (χ0n) is 19.3. The highest BCUT2D eigenvalue weighted by Gasteiger charge is 2.22. The minimum atomic E-state index is -0.393. The Labute approximate surface area is 203 Å². The number of nitrogens with zero attached hydrogens (tertiary/aromatic N) is 3. The Bertz CT molecular complexity index is 1240. The Morgan fingerprint density at radius 2 is 1.65 bits per heavy atom. The first-order valence-corrected chi connectivity index (χ1v) is 11.7. The van der Waals surface area contributed by atoms with Gasteiger partial charge in [-0.2, -0.15) is 0 Å². The molecule has 4 aromatic rings. The van der Waals surface area contributed by atoms with Crippen LogP contribution in [0.3, 0.4) is 0 Å². The molecule has 1 atom stereocenters. The van der Waals surface area contributed by atoms with Crippen molar-refractivity contribution in [1.29, 1.82) is 0 Å². The zero-order valence-corrected chi connectivity index (χ0v) is 20.1. The second-order valence-electron chi connectivity index (χ2n) is 7.62. The molecule has 8 heteroatoms. The Balaban J connectivity index is 1.54. The number of anilines is 1. The lowest BCUT2D eigenvalue weighted by atomic mass is 10.2. The molecule has 1 N–H and O–H groups in total. The van der Waals surface area contributed by atoms with E-state index in [0.717, 1.165) is 16.9 Å². The molecule has 1 heterocycles. The largest absolute Gasteiger partial charge is 0.493 e. The molecule has 0 bridgehead atoms. The highest BCUT2D eigenvalue weighted by atomic mass is 32.2. The van der Waals surface area contributed by atoms with Crippen molar-refractivity contribution in [2.45, 2.75) is 30.9 Å². The quantitative estimate of drug-likeness (QED) is 0.333. The molecule has 0 saturated carbocycles. The first kappa shape index (κ1) is 23.4. The van der Waals surface area contributed by atoms with Gasteiger partial charge in [0.05, 0.1) is 12.4 Å². The number of rotatable bonds is 9. The first-order chi connectivity index (χ1) is 16.5. The lowest BCUT2D eigenvalue weighted by Crippen LogP contribution is -2.23. The van der Waals surface area contributed by atoms with Crippen molar-refractivity contribution in [2.24, 2.45) is 0 Å². The third-order valence-corrected chi connectivity index (χ3v) is 6.15. The molecule has 7 nitrogen and oxygen atoms in total. The molecule has 0 aliphatic heterocycles. The molecule has 0 saturated heterocycles. The van der Waals surface area contributed by atoms with Gasteiger partial charge in [0, 0.05) is 11.4 Å². The zero-order chi connectivity index (χ0) is 23.9. The SMILES string of the molecule is COc1ccccc1OCc1nnc(S[C@H](C)C(=O)Nc2ccc(C)cc2)n1-c1ccccc1. The van der Waals surface area contributed by atoms with Crippen molar-refractivity contribution >= 4 is 23.4 Å². The number of aromatic nitrogens is 3. The Hall–Kier alpha value is -3.78. The lowest BCUT2D eigenvalue weighted by molar-refractivity contribution is -0.115. The van der Waals surface area contributed by atoms with Crippen molar-refractivity contribution in [2.75, 3.05) is 12.4 Å². The van der Waals surface area contributed by atoms with Gasteiger partial charge < -0.3 is 14.8 Å². The van der Waals surface area contributed by atoms with E-state index in [0.29, 0.717) is 22.5 Å². The van der Waals surface area contributed by atoms with Gasteiger partial charge in [-0.25, -0.2) is 0 Å². The van der Waals surface area contributed by atoms with E-state index in [1.54, 1.807) is 7.11 Å². The second-order valence-corrected chi connectivity index (χ2v) is 8.93. The molecule has 0 radical (unpaired) electrons. The van der Waals surface area contributed by atoms with E-state index in [9.17, 15) is 4.79 Å². The van der Waals surface area contributed by atoms with Gasteiger partial charge in [-0.15, -0.1) is 10.2 Å². The number of aryl methyl sites for hydroxylation is 1. The highest BCUT2D eigenvalue weighted by molar-refractivity contribution is 8.00. The number of thioether (sulfide) groups is 1. The number of methoxy groups -OCH3 is 1. The average Bonchev–Trinajstić information content (AvgIpc) is 3.27.